The molecule has 20 heavy (non-hydrogen) atoms. The van der Waals surface area contributed by atoms with Gasteiger partial charge in [0.15, 0.2) is 5.13 Å². The van der Waals surface area contributed by atoms with Crippen LogP contribution in [0.5, 0.6) is 0 Å². The summed E-state index contributed by atoms with van der Waals surface area (Å²) in [7, 11) is 1.81. The van der Waals surface area contributed by atoms with Crippen LogP contribution in [0.1, 0.15) is 42.6 Å². The van der Waals surface area contributed by atoms with Crippen molar-refractivity contribution in [3.63, 3.8) is 0 Å². The van der Waals surface area contributed by atoms with Crippen molar-refractivity contribution in [3.05, 3.63) is 23.2 Å². The average Bonchev–Trinajstić information content (AvgIpc) is 2.96. The molecule has 3 N–H and O–H groups in total. The third-order valence-corrected chi connectivity index (χ3v) is 3.50. The lowest BCUT2D eigenvalue weighted by molar-refractivity contribution is 0.0924. The number of hydrogen-bond acceptors (Lipinski definition) is 6. The number of carbonyl (C=O) groups excluding carboxylic acids is 1. The van der Waals surface area contributed by atoms with Gasteiger partial charge in [-0.15, -0.1) is 11.3 Å². The molecular weight excluding hydrogens is 276 g/mol. The van der Waals surface area contributed by atoms with E-state index in [0.29, 0.717) is 16.7 Å². The zero-order valence-electron chi connectivity index (χ0n) is 11.7. The number of nitrogens with one attached hydrogen (secondary N) is 1. The van der Waals surface area contributed by atoms with Gasteiger partial charge in [-0.05, 0) is 12.3 Å². The highest BCUT2D eigenvalue weighted by atomic mass is 32.1. The molecule has 0 radical (unpaired) electrons. The van der Waals surface area contributed by atoms with Crippen molar-refractivity contribution in [3.8, 4) is 0 Å². The number of hydrogen-bond donors (Lipinski definition) is 2. The molecule has 0 bridgehead atoms. The molecule has 7 nitrogen and oxygen atoms in total. The first-order valence-corrected chi connectivity index (χ1v) is 7.21. The number of aryl methyl sites for hydroxylation is 1. The number of nitrogens with two attached hydrogens (primary N) is 1. The predicted molar refractivity (Wildman–Crippen MR) is 77.2 cm³/mol. The number of thiazole rings is 1. The first-order valence-electron chi connectivity index (χ1n) is 6.33. The number of aromatic nitrogens is 4. The summed E-state index contributed by atoms with van der Waals surface area (Å²) in [4.78, 5) is 20.4. The molecule has 1 atom stereocenters. The van der Waals surface area contributed by atoms with E-state index in [1.165, 1.54) is 17.7 Å². The van der Waals surface area contributed by atoms with Crippen molar-refractivity contribution in [1.29, 1.82) is 0 Å². The molecule has 8 heteroatoms. The molecule has 1 amide bonds. The molecule has 2 aromatic rings. The molecular formula is C12H18N6OS. The highest BCUT2D eigenvalue weighted by molar-refractivity contribution is 7.13. The van der Waals surface area contributed by atoms with Gasteiger partial charge in [-0.3, -0.25) is 9.48 Å². The summed E-state index contributed by atoms with van der Waals surface area (Å²) < 4.78 is 1.67. The Morgan fingerprint density at radius 3 is 2.80 bits per heavy atom. The van der Waals surface area contributed by atoms with E-state index >= 15 is 0 Å². The Kier molecular flexibility index (Phi) is 4.33. The Hall–Kier alpha value is -1.96. The fourth-order valence-electron chi connectivity index (χ4n) is 1.95. The van der Waals surface area contributed by atoms with Crippen molar-refractivity contribution in [2.24, 2.45) is 13.0 Å². The largest absolute Gasteiger partial charge is 0.375 e. The molecule has 0 aliphatic heterocycles. The summed E-state index contributed by atoms with van der Waals surface area (Å²) in [6.45, 7) is 4.19. The van der Waals surface area contributed by atoms with E-state index in [0.717, 1.165) is 12.2 Å². The minimum Gasteiger partial charge on any atom is -0.375 e. The first kappa shape index (κ1) is 14.4. The van der Waals surface area contributed by atoms with Gasteiger partial charge < -0.3 is 11.1 Å². The lowest BCUT2D eigenvalue weighted by Gasteiger charge is -2.19. The van der Waals surface area contributed by atoms with Crippen LogP contribution >= 0.6 is 11.3 Å². The molecule has 0 saturated heterocycles. The van der Waals surface area contributed by atoms with Crippen LogP contribution < -0.4 is 11.1 Å². The zero-order chi connectivity index (χ0) is 14.7. The van der Waals surface area contributed by atoms with Gasteiger partial charge in [0.05, 0.1) is 6.04 Å². The van der Waals surface area contributed by atoms with Crippen LogP contribution in [0.15, 0.2) is 11.7 Å². The number of anilines is 1. The third kappa shape index (κ3) is 3.32. The molecule has 2 heterocycles. The number of amides is 1. The second-order valence-corrected chi connectivity index (χ2v) is 5.86. The molecule has 0 saturated carbocycles. The van der Waals surface area contributed by atoms with Crippen molar-refractivity contribution < 1.29 is 4.79 Å². The fraction of sp³-hybridized carbons (Fsp3) is 0.500. The van der Waals surface area contributed by atoms with E-state index in [9.17, 15) is 4.79 Å². The molecule has 0 unspecified atom stereocenters. The van der Waals surface area contributed by atoms with Crippen LogP contribution in [0.4, 0.5) is 5.13 Å². The Bertz CT molecular complexity index is 590. The van der Waals surface area contributed by atoms with E-state index in [1.807, 2.05) is 7.05 Å². The maximum absolute atomic E-state index is 12.2. The molecule has 0 fully saturated rings. The monoisotopic (exact) mass is 294 g/mol. The molecule has 0 aliphatic carbocycles. The van der Waals surface area contributed by atoms with Crippen LogP contribution in [-0.4, -0.2) is 25.7 Å². The van der Waals surface area contributed by atoms with Crippen molar-refractivity contribution >= 4 is 22.4 Å². The lowest BCUT2D eigenvalue weighted by atomic mass is 10.0. The topological polar surface area (TPSA) is 98.7 Å². The lowest BCUT2D eigenvalue weighted by Crippen LogP contribution is -2.31. The van der Waals surface area contributed by atoms with Gasteiger partial charge in [-0.2, -0.15) is 5.10 Å². The van der Waals surface area contributed by atoms with Crippen LogP contribution in [0.3, 0.4) is 0 Å². The standard InChI is InChI=1S/C12H18N6OS/c1-7(2)4-8(10-14-6-15-18(10)3)16-11(19)9-5-20-12(13)17-9/h5-8H,4H2,1-3H3,(H2,13,17)(H,16,19)/t8-/m0/s1. The van der Waals surface area contributed by atoms with Gasteiger partial charge >= 0.3 is 0 Å². The fourth-order valence-corrected chi connectivity index (χ4v) is 2.49. The third-order valence-electron chi connectivity index (χ3n) is 2.83. The van der Waals surface area contributed by atoms with E-state index in [4.69, 9.17) is 5.73 Å². The average molecular weight is 294 g/mol. The highest BCUT2D eigenvalue weighted by Gasteiger charge is 2.22. The first-order chi connectivity index (χ1) is 9.47. The molecule has 0 aromatic carbocycles. The smallest absolute Gasteiger partial charge is 0.271 e. The summed E-state index contributed by atoms with van der Waals surface area (Å²) in [5, 5.41) is 9.03. The van der Waals surface area contributed by atoms with E-state index < -0.39 is 0 Å². The Morgan fingerprint density at radius 2 is 2.30 bits per heavy atom. The Labute approximate surface area is 121 Å². The highest BCUT2D eigenvalue weighted by Crippen LogP contribution is 2.20. The Morgan fingerprint density at radius 1 is 1.55 bits per heavy atom. The number of rotatable bonds is 5. The molecule has 108 valence electrons. The second-order valence-electron chi connectivity index (χ2n) is 4.97. The van der Waals surface area contributed by atoms with Crippen LogP contribution in [0.25, 0.3) is 0 Å². The second kappa shape index (κ2) is 6.00. The van der Waals surface area contributed by atoms with Gasteiger partial charge in [0.1, 0.15) is 17.8 Å². The summed E-state index contributed by atoms with van der Waals surface area (Å²) in [5.41, 5.74) is 5.88. The number of nitrogens with zero attached hydrogens (tertiary/aromatic N) is 4. The SMILES string of the molecule is CC(C)C[C@H](NC(=O)c1csc(N)n1)c1ncnn1C. The van der Waals surface area contributed by atoms with E-state index in [1.54, 1.807) is 10.1 Å². The van der Waals surface area contributed by atoms with Gasteiger partial charge in [0, 0.05) is 12.4 Å². The van der Waals surface area contributed by atoms with Gasteiger partial charge in [-0.1, -0.05) is 13.8 Å². The van der Waals surface area contributed by atoms with Crippen LogP contribution in [0, 0.1) is 5.92 Å². The van der Waals surface area contributed by atoms with Crippen molar-refractivity contribution in [2.75, 3.05) is 5.73 Å². The summed E-state index contributed by atoms with van der Waals surface area (Å²) >= 11 is 1.25. The quantitative estimate of drug-likeness (QED) is 0.867. The van der Waals surface area contributed by atoms with Crippen molar-refractivity contribution in [2.45, 2.75) is 26.3 Å². The maximum atomic E-state index is 12.2. The molecule has 0 spiro atoms. The molecule has 0 aliphatic rings. The molecule has 2 aromatic heterocycles. The van der Waals surface area contributed by atoms with Crippen LogP contribution in [0.2, 0.25) is 0 Å². The van der Waals surface area contributed by atoms with E-state index in [2.05, 4.69) is 34.2 Å². The zero-order valence-corrected chi connectivity index (χ0v) is 12.5. The van der Waals surface area contributed by atoms with Crippen molar-refractivity contribution in [1.82, 2.24) is 25.1 Å². The normalized spacial score (nSPS) is 12.6. The minimum absolute atomic E-state index is 0.196. The summed E-state index contributed by atoms with van der Waals surface area (Å²) in [5.74, 6) is 0.902. The summed E-state index contributed by atoms with van der Waals surface area (Å²) in [6.07, 6.45) is 2.26. The number of carbonyl (C=O) groups is 1. The van der Waals surface area contributed by atoms with Gasteiger partial charge in [-0.25, -0.2) is 9.97 Å². The maximum Gasteiger partial charge on any atom is 0.271 e. The predicted octanol–water partition coefficient (Wildman–Crippen LogP) is 1.37. The molecule has 2 rings (SSSR count). The minimum atomic E-state index is -0.244. The Balaban J connectivity index is 2.16. The van der Waals surface area contributed by atoms with Gasteiger partial charge in [0.2, 0.25) is 0 Å². The van der Waals surface area contributed by atoms with E-state index in [-0.39, 0.29) is 11.9 Å². The van der Waals surface area contributed by atoms with Gasteiger partial charge in [0.25, 0.3) is 5.91 Å². The summed E-state index contributed by atoms with van der Waals surface area (Å²) in [6, 6.07) is -0.196. The van der Waals surface area contributed by atoms with Crippen LogP contribution in [-0.2, 0) is 7.05 Å². The number of nitrogen functional groups attached to an aromatic ring is 1.